The van der Waals surface area contributed by atoms with E-state index in [0.29, 0.717) is 48.8 Å². The molecule has 2 aromatic heterocycles. The fraction of sp³-hybridized carbons (Fsp3) is 0.550. The largest absolute Gasteiger partial charge is 0.495 e. The van der Waals surface area contributed by atoms with Crippen LogP contribution in [0.1, 0.15) is 84.3 Å². The zero-order chi connectivity index (χ0) is 44.1. The third-order valence-electron chi connectivity index (χ3n) is 10.9. The second kappa shape index (κ2) is 16.9. The number of rotatable bonds is 8. The third kappa shape index (κ3) is 9.85. The maximum atomic E-state index is 14.6. The fourth-order valence-corrected chi connectivity index (χ4v) is 10.0. The number of halogens is 4. The van der Waals surface area contributed by atoms with Crippen molar-refractivity contribution in [2.24, 2.45) is 5.92 Å². The van der Waals surface area contributed by atoms with Crippen LogP contribution in [0.4, 0.5) is 18.0 Å². The third-order valence-corrected chi connectivity index (χ3v) is 14.0. The molecule has 330 valence electrons. The summed E-state index contributed by atoms with van der Waals surface area (Å²) in [4.78, 5) is 65.6. The van der Waals surface area contributed by atoms with Gasteiger partial charge in [0.1, 0.15) is 56.6 Å². The molecule has 2 aliphatic heterocycles. The van der Waals surface area contributed by atoms with E-state index in [9.17, 15) is 40.8 Å². The van der Waals surface area contributed by atoms with Gasteiger partial charge < -0.3 is 29.7 Å². The minimum atomic E-state index is -4.71. The van der Waals surface area contributed by atoms with E-state index in [-0.39, 0.29) is 58.5 Å². The SMILES string of the molecule is COc1ccc2c(O[C@@H]3C[C@H]4C(=O)N[C@]5(C(=O)NS(=O)(=O)C6CC6)C[C@H]5C=CCCCCC[C@H](NC(=O)OC(C)(C)C)C(=O)N4C3)cc(-c3nc(C(F)(F)F)cs3)nc2c1Cl. The molecule has 4 aliphatic rings. The van der Waals surface area contributed by atoms with Crippen LogP contribution in [0.3, 0.4) is 0 Å². The van der Waals surface area contributed by atoms with Crippen molar-refractivity contribution in [1.82, 2.24) is 30.2 Å². The quantitative estimate of drug-likeness (QED) is 0.215. The van der Waals surface area contributed by atoms with E-state index in [1.165, 1.54) is 18.1 Å². The van der Waals surface area contributed by atoms with Gasteiger partial charge in [0.2, 0.25) is 21.8 Å². The summed E-state index contributed by atoms with van der Waals surface area (Å²) in [5, 5.41) is 5.96. The van der Waals surface area contributed by atoms with Crippen LogP contribution in [0, 0.1) is 5.92 Å². The van der Waals surface area contributed by atoms with Crippen molar-refractivity contribution in [2.75, 3.05) is 13.7 Å². The average Bonchev–Trinajstić information content (AvgIpc) is 4.05. The molecule has 0 radical (unpaired) electrons. The Bertz CT molecular complexity index is 2370. The summed E-state index contributed by atoms with van der Waals surface area (Å²) in [6.07, 6.45) is 0.752. The zero-order valence-corrected chi connectivity index (χ0v) is 36.2. The van der Waals surface area contributed by atoms with Crippen LogP contribution in [0.5, 0.6) is 11.5 Å². The van der Waals surface area contributed by atoms with Gasteiger partial charge in [-0.25, -0.2) is 23.2 Å². The number of pyridine rings is 1. The highest BCUT2D eigenvalue weighted by atomic mass is 35.5. The van der Waals surface area contributed by atoms with Crippen molar-refractivity contribution in [3.8, 4) is 22.2 Å². The standard InChI is InChI=1S/C40H46ClF3N6O9S2/c1-38(2,3)59-37(54)46-25-11-9-7-5-6-8-10-21-18-39(21,36(53)49-61(55,56)23-12-13-23)48-33(51)27-16-22(19-50(27)35(25)52)58-29-17-26(34-47-30(20-60-34)40(42,43)44)45-32-24(29)14-15-28(57-4)31(32)41/h8,10,14-15,17,20-23,25,27H,5-7,9,11-13,16,18-19H2,1-4H3,(H,46,54)(H,48,51)(H,49,53)/t21-,22-,25+,27+,39-/m1/s1. The first kappa shape index (κ1) is 44.4. The number of sulfonamides is 1. The molecule has 1 saturated heterocycles. The number of benzene rings is 1. The van der Waals surface area contributed by atoms with Crippen LogP contribution < -0.4 is 24.8 Å². The van der Waals surface area contributed by atoms with Gasteiger partial charge >= 0.3 is 12.3 Å². The Kier molecular flexibility index (Phi) is 12.3. The number of amides is 4. The second-order valence-electron chi connectivity index (χ2n) is 16.7. The lowest BCUT2D eigenvalue weighted by atomic mass is 10.0. The van der Waals surface area contributed by atoms with Crippen LogP contribution in [0.2, 0.25) is 5.02 Å². The predicted octanol–water partition coefficient (Wildman–Crippen LogP) is 6.28. The van der Waals surface area contributed by atoms with Crippen LogP contribution >= 0.6 is 22.9 Å². The van der Waals surface area contributed by atoms with E-state index >= 15 is 0 Å². The number of hydrogen-bond acceptors (Lipinski definition) is 12. The molecule has 2 saturated carbocycles. The van der Waals surface area contributed by atoms with Crippen molar-refractivity contribution < 1.29 is 55.0 Å². The number of nitrogens with one attached hydrogen (secondary N) is 3. The zero-order valence-electron chi connectivity index (χ0n) is 33.8. The van der Waals surface area contributed by atoms with Gasteiger partial charge in [-0.15, -0.1) is 11.3 Å². The Hall–Kier alpha value is -4.69. The number of alkyl carbamates (subject to hydrolysis) is 1. The van der Waals surface area contributed by atoms with E-state index in [0.717, 1.165) is 11.8 Å². The summed E-state index contributed by atoms with van der Waals surface area (Å²) in [5.74, 6) is -2.45. The van der Waals surface area contributed by atoms with Gasteiger partial charge in [0.25, 0.3) is 5.91 Å². The summed E-state index contributed by atoms with van der Waals surface area (Å²) in [6.45, 7) is 4.82. The number of methoxy groups -OCH3 is 1. The van der Waals surface area contributed by atoms with Crippen molar-refractivity contribution in [1.29, 1.82) is 0 Å². The second-order valence-corrected chi connectivity index (χ2v) is 19.9. The van der Waals surface area contributed by atoms with E-state index in [1.54, 1.807) is 39.0 Å². The molecule has 61 heavy (non-hydrogen) atoms. The van der Waals surface area contributed by atoms with Crippen molar-refractivity contribution in [2.45, 2.75) is 119 Å². The number of alkyl halides is 3. The molecule has 7 rings (SSSR count). The van der Waals surface area contributed by atoms with E-state index in [4.69, 9.17) is 25.8 Å². The maximum Gasteiger partial charge on any atom is 0.434 e. The summed E-state index contributed by atoms with van der Waals surface area (Å²) in [6, 6.07) is 2.13. The number of thiazole rings is 1. The molecule has 3 N–H and O–H groups in total. The molecule has 4 amide bonds. The van der Waals surface area contributed by atoms with Crippen molar-refractivity contribution in [3.63, 3.8) is 0 Å². The lowest BCUT2D eigenvalue weighted by Crippen LogP contribution is -2.58. The molecule has 0 unspecified atom stereocenters. The van der Waals surface area contributed by atoms with Crippen LogP contribution in [0.25, 0.3) is 21.6 Å². The summed E-state index contributed by atoms with van der Waals surface area (Å²) < 4.78 is 86.1. The van der Waals surface area contributed by atoms with Crippen LogP contribution in [-0.2, 0) is 35.3 Å². The molecule has 3 fully saturated rings. The molecule has 1 aromatic carbocycles. The lowest BCUT2D eigenvalue weighted by Gasteiger charge is -2.30. The molecule has 0 spiro atoms. The number of ether oxygens (including phenoxy) is 3. The molecule has 15 nitrogen and oxygen atoms in total. The monoisotopic (exact) mass is 910 g/mol. The maximum absolute atomic E-state index is 14.6. The molecule has 2 aliphatic carbocycles. The molecule has 5 atom stereocenters. The highest BCUT2D eigenvalue weighted by Crippen LogP contribution is 2.46. The Balaban J connectivity index is 1.25. The van der Waals surface area contributed by atoms with Crippen LogP contribution in [0.15, 0.2) is 35.7 Å². The minimum Gasteiger partial charge on any atom is -0.495 e. The highest BCUT2D eigenvalue weighted by molar-refractivity contribution is 7.91. The van der Waals surface area contributed by atoms with E-state index in [2.05, 4.69) is 25.3 Å². The highest BCUT2D eigenvalue weighted by Gasteiger charge is 2.62. The lowest BCUT2D eigenvalue weighted by molar-refractivity contribution is -0.141. The number of aromatic nitrogens is 2. The summed E-state index contributed by atoms with van der Waals surface area (Å²) in [5.41, 5.74) is -3.49. The Morgan fingerprint density at radius 3 is 2.49 bits per heavy atom. The number of carbonyl (C=O) groups is 4. The van der Waals surface area contributed by atoms with E-state index < -0.39 is 86.2 Å². The number of allylic oxidation sites excluding steroid dienone is 1. The molecular weight excluding hydrogens is 865 g/mol. The minimum absolute atomic E-state index is 0.00312. The number of nitrogens with zero attached hydrogens (tertiary/aromatic N) is 3. The van der Waals surface area contributed by atoms with Gasteiger partial charge in [-0.1, -0.05) is 36.6 Å². The van der Waals surface area contributed by atoms with Crippen LogP contribution in [-0.4, -0.2) is 95.3 Å². The number of hydrogen-bond donors (Lipinski definition) is 3. The van der Waals surface area contributed by atoms with Crippen molar-refractivity contribution in [3.05, 3.63) is 46.4 Å². The molecule has 0 bridgehead atoms. The molecule has 21 heteroatoms. The van der Waals surface area contributed by atoms with Gasteiger partial charge in [-0.2, -0.15) is 13.2 Å². The van der Waals surface area contributed by atoms with Gasteiger partial charge in [-0.3, -0.25) is 19.1 Å². The van der Waals surface area contributed by atoms with Gasteiger partial charge in [0, 0.05) is 29.2 Å². The van der Waals surface area contributed by atoms with Gasteiger partial charge in [0.05, 0.1) is 24.4 Å². The average molecular weight is 911 g/mol. The molecule has 4 heterocycles. The fourth-order valence-electron chi connectivity index (χ4n) is 7.57. The van der Waals surface area contributed by atoms with Crippen molar-refractivity contribution >= 4 is 67.7 Å². The first-order chi connectivity index (χ1) is 28.7. The Morgan fingerprint density at radius 1 is 1.07 bits per heavy atom. The Morgan fingerprint density at radius 2 is 1.82 bits per heavy atom. The van der Waals surface area contributed by atoms with Gasteiger partial charge in [0.15, 0.2) is 5.69 Å². The first-order valence-corrected chi connectivity index (χ1v) is 22.7. The first-order valence-electron chi connectivity index (χ1n) is 19.9. The molecular formula is C40H46ClF3N6O9S2. The van der Waals surface area contributed by atoms with Gasteiger partial charge in [-0.05, 0) is 71.4 Å². The van der Waals surface area contributed by atoms with E-state index in [1.807, 2.05) is 6.08 Å². The normalized spacial score (nSPS) is 25.1. The number of fused-ring (bicyclic) bond motifs is 3. The molecule has 3 aromatic rings. The summed E-state index contributed by atoms with van der Waals surface area (Å²) >= 11 is 7.39. The number of carbonyl (C=O) groups excluding carboxylic acids is 4. The summed E-state index contributed by atoms with van der Waals surface area (Å²) in [7, 11) is -2.59. The smallest absolute Gasteiger partial charge is 0.434 e. The topological polar surface area (TPSA) is 195 Å². The predicted molar refractivity (Wildman–Crippen MR) is 218 cm³/mol. The Labute approximate surface area is 359 Å².